The van der Waals surface area contributed by atoms with Gasteiger partial charge in [0.1, 0.15) is 0 Å². The molecule has 0 saturated heterocycles. The normalized spacial score (nSPS) is 14.8. The first kappa shape index (κ1) is 20.9. The predicted molar refractivity (Wildman–Crippen MR) is 97.1 cm³/mol. The summed E-state index contributed by atoms with van der Waals surface area (Å²) in [5.41, 5.74) is 2.16. The summed E-state index contributed by atoms with van der Waals surface area (Å²) < 4.78 is 26.6. The van der Waals surface area contributed by atoms with Gasteiger partial charge in [-0.15, -0.1) is 12.4 Å². The smallest absolute Gasteiger partial charge is 0.242 e. The molecule has 0 bridgehead atoms. The van der Waals surface area contributed by atoms with Crippen molar-refractivity contribution in [3.8, 4) is 0 Å². The van der Waals surface area contributed by atoms with Gasteiger partial charge in [-0.25, -0.2) is 8.42 Å². The molecule has 1 heterocycles. The Bertz CT molecular complexity index is 679. The fourth-order valence-corrected chi connectivity index (χ4v) is 3.97. The van der Waals surface area contributed by atoms with Crippen LogP contribution in [0.3, 0.4) is 0 Å². The average Bonchev–Trinajstić information content (AvgIpc) is 2.74. The van der Waals surface area contributed by atoms with E-state index in [0.717, 1.165) is 17.5 Å². The summed E-state index contributed by atoms with van der Waals surface area (Å²) in [6.07, 6.45) is 1.46. The number of hydrogen-bond acceptors (Lipinski definition) is 4. The number of amides is 1. The molecule has 6 nitrogen and oxygen atoms in total. The first-order chi connectivity index (χ1) is 10.9. The Labute approximate surface area is 150 Å². The molecular formula is C16H26ClN3O3S. The first-order valence-electron chi connectivity index (χ1n) is 7.84. The van der Waals surface area contributed by atoms with Gasteiger partial charge in [-0.2, -0.15) is 4.31 Å². The van der Waals surface area contributed by atoms with Crippen molar-refractivity contribution < 1.29 is 13.2 Å². The molecule has 0 radical (unpaired) electrons. The van der Waals surface area contributed by atoms with Gasteiger partial charge in [0.2, 0.25) is 15.9 Å². The van der Waals surface area contributed by atoms with E-state index in [9.17, 15) is 13.2 Å². The number of hydrogen-bond donors (Lipinski definition) is 1. The summed E-state index contributed by atoms with van der Waals surface area (Å²) >= 11 is 0. The molecule has 1 N–H and O–H groups in total. The van der Waals surface area contributed by atoms with E-state index in [1.54, 1.807) is 33.2 Å². The van der Waals surface area contributed by atoms with Crippen LogP contribution in [0.4, 0.5) is 0 Å². The van der Waals surface area contributed by atoms with Crippen molar-refractivity contribution in [3.63, 3.8) is 0 Å². The highest BCUT2D eigenvalue weighted by Gasteiger charge is 2.23. The summed E-state index contributed by atoms with van der Waals surface area (Å²) in [6.45, 7) is 3.93. The second-order valence-electron chi connectivity index (χ2n) is 5.87. The van der Waals surface area contributed by atoms with Gasteiger partial charge in [-0.1, -0.05) is 6.07 Å². The van der Waals surface area contributed by atoms with Gasteiger partial charge in [0, 0.05) is 40.2 Å². The molecule has 0 spiro atoms. The standard InChI is InChI=1S/C16H25N3O3S.ClH/c1-13(20)19-9-6-14-4-5-16(12-15(14)7-10-19)23(21,22)18(3)11-8-17-2;/h4-5,12,17H,6-11H2,1-3H3;1H. The molecule has 0 aromatic heterocycles. The van der Waals surface area contributed by atoms with Crippen LogP contribution >= 0.6 is 12.4 Å². The minimum absolute atomic E-state index is 0. The van der Waals surface area contributed by atoms with E-state index < -0.39 is 10.0 Å². The lowest BCUT2D eigenvalue weighted by atomic mass is 10.0. The average molecular weight is 376 g/mol. The molecule has 0 unspecified atom stereocenters. The number of carbonyl (C=O) groups excluding carboxylic acids is 1. The Morgan fingerprint density at radius 2 is 1.88 bits per heavy atom. The molecule has 0 saturated carbocycles. The number of rotatable bonds is 5. The zero-order valence-corrected chi connectivity index (χ0v) is 16.0. The Kier molecular flexibility index (Phi) is 7.66. The fraction of sp³-hybridized carbons (Fsp3) is 0.562. The lowest BCUT2D eigenvalue weighted by molar-refractivity contribution is -0.128. The van der Waals surface area contributed by atoms with Gasteiger partial charge >= 0.3 is 0 Å². The number of sulfonamides is 1. The van der Waals surface area contributed by atoms with Crippen molar-refractivity contribution >= 4 is 28.3 Å². The summed E-state index contributed by atoms with van der Waals surface area (Å²) in [5.74, 6) is 0.0671. The van der Waals surface area contributed by atoms with Gasteiger partial charge in [0.25, 0.3) is 0 Å². The van der Waals surface area contributed by atoms with Gasteiger partial charge in [0.15, 0.2) is 0 Å². The van der Waals surface area contributed by atoms with E-state index in [2.05, 4.69) is 5.32 Å². The van der Waals surface area contributed by atoms with Crippen LogP contribution in [0.2, 0.25) is 0 Å². The molecule has 8 heteroatoms. The Hall–Kier alpha value is -1.15. The van der Waals surface area contributed by atoms with Crippen molar-refractivity contribution in [1.82, 2.24) is 14.5 Å². The Balaban J connectivity index is 0.00000288. The summed E-state index contributed by atoms with van der Waals surface area (Å²) in [4.78, 5) is 13.7. The zero-order valence-electron chi connectivity index (χ0n) is 14.4. The molecule has 2 rings (SSSR count). The van der Waals surface area contributed by atoms with Crippen molar-refractivity contribution in [1.29, 1.82) is 0 Å². The minimum Gasteiger partial charge on any atom is -0.342 e. The van der Waals surface area contributed by atoms with E-state index >= 15 is 0 Å². The van der Waals surface area contributed by atoms with Crippen molar-refractivity contribution in [2.45, 2.75) is 24.7 Å². The molecule has 24 heavy (non-hydrogen) atoms. The molecular weight excluding hydrogens is 350 g/mol. The monoisotopic (exact) mass is 375 g/mol. The van der Waals surface area contributed by atoms with Crippen LogP contribution in [0.1, 0.15) is 18.1 Å². The topological polar surface area (TPSA) is 69.7 Å². The number of fused-ring (bicyclic) bond motifs is 1. The number of nitrogens with zero attached hydrogens (tertiary/aromatic N) is 2. The predicted octanol–water partition coefficient (Wildman–Crippen LogP) is 0.895. The van der Waals surface area contributed by atoms with E-state index in [4.69, 9.17) is 0 Å². The Morgan fingerprint density at radius 1 is 1.25 bits per heavy atom. The lowest BCUT2D eigenvalue weighted by Gasteiger charge is -2.18. The fourth-order valence-electron chi connectivity index (χ4n) is 2.75. The number of carbonyl (C=O) groups is 1. The van der Waals surface area contributed by atoms with Crippen LogP contribution in [0.25, 0.3) is 0 Å². The number of halogens is 1. The first-order valence-corrected chi connectivity index (χ1v) is 9.28. The van der Waals surface area contributed by atoms with Crippen LogP contribution in [0.5, 0.6) is 0 Å². The van der Waals surface area contributed by atoms with Crippen LogP contribution in [0, 0.1) is 0 Å². The third kappa shape index (κ3) is 4.69. The Morgan fingerprint density at radius 3 is 2.46 bits per heavy atom. The van der Waals surface area contributed by atoms with Crippen LogP contribution in [-0.2, 0) is 27.7 Å². The van der Waals surface area contributed by atoms with Gasteiger partial charge in [-0.05, 0) is 43.1 Å². The maximum Gasteiger partial charge on any atom is 0.242 e. The second-order valence-corrected chi connectivity index (χ2v) is 7.91. The largest absolute Gasteiger partial charge is 0.342 e. The maximum atomic E-state index is 12.6. The molecule has 1 aliphatic heterocycles. The molecule has 1 aromatic carbocycles. The lowest BCUT2D eigenvalue weighted by Crippen LogP contribution is -2.32. The molecule has 0 atom stereocenters. The number of likely N-dealkylation sites (N-methyl/N-ethyl adjacent to an activating group) is 2. The molecule has 1 aromatic rings. The van der Waals surface area contributed by atoms with Crippen LogP contribution in [-0.4, -0.2) is 63.8 Å². The van der Waals surface area contributed by atoms with Gasteiger partial charge < -0.3 is 10.2 Å². The van der Waals surface area contributed by atoms with Crippen LogP contribution < -0.4 is 5.32 Å². The highest BCUT2D eigenvalue weighted by atomic mass is 35.5. The van der Waals surface area contributed by atoms with Crippen molar-refractivity contribution in [2.24, 2.45) is 0 Å². The zero-order chi connectivity index (χ0) is 17.0. The number of nitrogens with one attached hydrogen (secondary N) is 1. The van der Waals surface area contributed by atoms with E-state index in [-0.39, 0.29) is 18.3 Å². The van der Waals surface area contributed by atoms with Gasteiger partial charge in [-0.3, -0.25) is 4.79 Å². The molecule has 1 aliphatic rings. The van der Waals surface area contributed by atoms with E-state index in [0.29, 0.717) is 37.5 Å². The number of benzene rings is 1. The van der Waals surface area contributed by atoms with Crippen molar-refractivity contribution in [2.75, 3.05) is 40.3 Å². The highest BCUT2D eigenvalue weighted by Crippen LogP contribution is 2.22. The van der Waals surface area contributed by atoms with E-state index in [1.165, 1.54) is 4.31 Å². The molecule has 0 aliphatic carbocycles. The summed E-state index contributed by atoms with van der Waals surface area (Å²) in [6, 6.07) is 5.33. The summed E-state index contributed by atoms with van der Waals surface area (Å²) in [7, 11) is -0.0853. The maximum absolute atomic E-state index is 12.6. The third-order valence-corrected chi connectivity index (χ3v) is 6.16. The molecule has 1 amide bonds. The molecule has 136 valence electrons. The quantitative estimate of drug-likeness (QED) is 0.830. The second kappa shape index (κ2) is 8.80. The van der Waals surface area contributed by atoms with E-state index in [1.807, 2.05) is 11.0 Å². The van der Waals surface area contributed by atoms with Crippen LogP contribution in [0.15, 0.2) is 23.1 Å². The SMILES string of the molecule is CNCCN(C)S(=O)(=O)c1ccc2c(c1)CCN(C(C)=O)CC2.Cl. The third-order valence-electron chi connectivity index (χ3n) is 4.31. The summed E-state index contributed by atoms with van der Waals surface area (Å²) in [5, 5.41) is 2.95. The highest BCUT2D eigenvalue weighted by molar-refractivity contribution is 7.89. The van der Waals surface area contributed by atoms with Crippen molar-refractivity contribution in [3.05, 3.63) is 29.3 Å². The molecule has 0 fully saturated rings. The van der Waals surface area contributed by atoms with Gasteiger partial charge in [0.05, 0.1) is 4.90 Å². The minimum atomic E-state index is -3.47.